The molecule has 0 spiro atoms. The van der Waals surface area contributed by atoms with Gasteiger partial charge in [-0.15, -0.1) is 0 Å². The lowest BCUT2D eigenvalue weighted by Crippen LogP contribution is -2.09. The van der Waals surface area contributed by atoms with Crippen LogP contribution in [0, 0.1) is 0 Å². The quantitative estimate of drug-likeness (QED) is 0.549. The van der Waals surface area contributed by atoms with Gasteiger partial charge in [0.1, 0.15) is 24.7 Å². The molecule has 3 rings (SSSR count). The van der Waals surface area contributed by atoms with Crippen molar-refractivity contribution in [3.63, 3.8) is 0 Å². The number of rotatable bonds is 8. The Bertz CT molecular complexity index is 775. The molecule has 0 aliphatic rings. The number of ether oxygens (including phenoxy) is 2. The van der Waals surface area contributed by atoms with Crippen molar-refractivity contribution in [2.75, 3.05) is 18.5 Å². The summed E-state index contributed by atoms with van der Waals surface area (Å²) in [6.45, 7) is 1.73. The first-order valence-electron chi connectivity index (χ1n) is 8.19. The normalized spacial score (nSPS) is 10.3. The van der Waals surface area contributed by atoms with Crippen molar-refractivity contribution in [1.82, 2.24) is 0 Å². The Morgan fingerprint density at radius 1 is 0.680 bits per heavy atom. The zero-order chi connectivity index (χ0) is 17.3. The number of nitrogens with one attached hydrogen (secondary N) is 1. The molecule has 0 bridgehead atoms. The van der Waals surface area contributed by atoms with Crippen molar-refractivity contribution >= 4 is 17.3 Å². The fourth-order valence-electron chi connectivity index (χ4n) is 2.34. The van der Waals surface area contributed by atoms with Gasteiger partial charge in [-0.25, -0.2) is 0 Å². The summed E-state index contributed by atoms with van der Waals surface area (Å²) in [7, 11) is 0. The third-order valence-corrected chi connectivity index (χ3v) is 3.97. The fraction of sp³-hybridized carbons (Fsp3) is 0.143. The zero-order valence-electron chi connectivity index (χ0n) is 13.8. The van der Waals surface area contributed by atoms with E-state index < -0.39 is 0 Å². The highest BCUT2D eigenvalue weighted by Crippen LogP contribution is 2.21. The number of para-hydroxylation sites is 2. The minimum atomic E-state index is 0.506. The predicted octanol–water partition coefficient (Wildman–Crippen LogP) is 5.41. The molecule has 0 radical (unpaired) electrons. The van der Waals surface area contributed by atoms with Crippen LogP contribution in [-0.2, 0) is 6.54 Å². The molecule has 1 N–H and O–H groups in total. The van der Waals surface area contributed by atoms with Crippen LogP contribution in [0.3, 0.4) is 0 Å². The summed E-state index contributed by atoms with van der Waals surface area (Å²) < 4.78 is 11.3. The molecule has 4 heteroatoms. The molecule has 0 heterocycles. The molecule has 0 aliphatic carbocycles. The van der Waals surface area contributed by atoms with E-state index in [9.17, 15) is 0 Å². The van der Waals surface area contributed by atoms with Gasteiger partial charge in [0.2, 0.25) is 0 Å². The largest absolute Gasteiger partial charge is 0.490 e. The van der Waals surface area contributed by atoms with Crippen LogP contribution in [0.15, 0.2) is 78.9 Å². The number of hydrogen-bond acceptors (Lipinski definition) is 3. The average Bonchev–Trinajstić information content (AvgIpc) is 2.66. The van der Waals surface area contributed by atoms with E-state index in [2.05, 4.69) is 5.32 Å². The lowest BCUT2D eigenvalue weighted by molar-refractivity contribution is 0.217. The summed E-state index contributed by atoms with van der Waals surface area (Å²) in [6, 6.07) is 25.5. The van der Waals surface area contributed by atoms with Crippen molar-refractivity contribution in [3.8, 4) is 11.5 Å². The minimum absolute atomic E-state index is 0.506. The molecule has 3 aromatic rings. The molecule has 0 saturated heterocycles. The zero-order valence-corrected chi connectivity index (χ0v) is 14.6. The van der Waals surface area contributed by atoms with Crippen molar-refractivity contribution < 1.29 is 9.47 Å². The van der Waals surface area contributed by atoms with E-state index in [1.807, 2.05) is 78.9 Å². The van der Waals surface area contributed by atoms with Crippen molar-refractivity contribution in [1.29, 1.82) is 0 Å². The number of halogens is 1. The molecule has 0 aliphatic heterocycles. The van der Waals surface area contributed by atoms with Crippen molar-refractivity contribution in [3.05, 3.63) is 89.4 Å². The van der Waals surface area contributed by atoms with Gasteiger partial charge in [-0.1, -0.05) is 54.1 Å². The van der Waals surface area contributed by atoms with Crippen LogP contribution in [0.5, 0.6) is 11.5 Å². The van der Waals surface area contributed by atoms with Crippen LogP contribution >= 0.6 is 11.6 Å². The number of benzene rings is 3. The summed E-state index contributed by atoms with van der Waals surface area (Å²) in [5.74, 6) is 1.69. The monoisotopic (exact) mass is 353 g/mol. The molecule has 0 fully saturated rings. The smallest absolute Gasteiger partial charge is 0.122 e. The maximum absolute atomic E-state index is 6.14. The third kappa shape index (κ3) is 5.44. The van der Waals surface area contributed by atoms with Gasteiger partial charge in [0.15, 0.2) is 0 Å². The lowest BCUT2D eigenvalue weighted by Gasteiger charge is -2.10. The van der Waals surface area contributed by atoms with Gasteiger partial charge in [-0.2, -0.15) is 0 Å². The molecule has 0 aromatic heterocycles. The summed E-state index contributed by atoms with van der Waals surface area (Å²) in [6.07, 6.45) is 0. The molecule has 25 heavy (non-hydrogen) atoms. The Hall–Kier alpha value is -2.65. The highest BCUT2D eigenvalue weighted by molar-refractivity contribution is 6.33. The second-order valence-corrected chi connectivity index (χ2v) is 5.89. The summed E-state index contributed by atoms with van der Waals surface area (Å²) in [5, 5.41) is 4.05. The molecule has 3 nitrogen and oxygen atoms in total. The first kappa shape index (κ1) is 17.2. The number of anilines is 1. The molecule has 3 aromatic carbocycles. The third-order valence-electron chi connectivity index (χ3n) is 3.64. The molecule has 128 valence electrons. The first-order valence-corrected chi connectivity index (χ1v) is 8.57. The first-order chi connectivity index (χ1) is 12.3. The van der Waals surface area contributed by atoms with E-state index in [1.165, 1.54) is 0 Å². The van der Waals surface area contributed by atoms with Crippen molar-refractivity contribution in [2.24, 2.45) is 0 Å². The summed E-state index contributed by atoms with van der Waals surface area (Å²) >= 11 is 6.14. The van der Waals surface area contributed by atoms with Crippen LogP contribution in [0.25, 0.3) is 0 Å². The Balaban J connectivity index is 1.42. The van der Waals surface area contributed by atoms with E-state index in [0.717, 1.165) is 27.8 Å². The Kier molecular flexibility index (Phi) is 6.18. The molecular formula is C21H20ClNO2. The van der Waals surface area contributed by atoms with Gasteiger partial charge in [0, 0.05) is 6.54 Å². The van der Waals surface area contributed by atoms with E-state index >= 15 is 0 Å². The molecule has 0 saturated carbocycles. The van der Waals surface area contributed by atoms with Crippen molar-refractivity contribution in [2.45, 2.75) is 6.54 Å². The molecule has 0 atom stereocenters. The van der Waals surface area contributed by atoms with E-state index in [4.69, 9.17) is 21.1 Å². The minimum Gasteiger partial charge on any atom is -0.490 e. The van der Waals surface area contributed by atoms with Crippen LogP contribution in [-0.4, -0.2) is 13.2 Å². The van der Waals surface area contributed by atoms with Crippen LogP contribution in [0.2, 0.25) is 5.02 Å². The molecule has 0 amide bonds. The van der Waals surface area contributed by atoms with E-state index in [-0.39, 0.29) is 0 Å². The lowest BCUT2D eigenvalue weighted by atomic mass is 10.2. The topological polar surface area (TPSA) is 30.5 Å². The number of hydrogen-bond donors (Lipinski definition) is 1. The standard InChI is InChI=1S/C21H20ClNO2/c22-20-8-4-5-9-21(20)23-16-17-10-12-19(13-11-17)25-15-14-24-18-6-2-1-3-7-18/h1-13,23H,14-16H2. The highest BCUT2D eigenvalue weighted by atomic mass is 35.5. The SMILES string of the molecule is Clc1ccccc1NCc1ccc(OCCOc2ccccc2)cc1. The van der Waals surface area contributed by atoms with Crippen LogP contribution in [0.4, 0.5) is 5.69 Å². The predicted molar refractivity (Wildman–Crippen MR) is 103 cm³/mol. The second kappa shape index (κ2) is 9.00. The summed E-state index contributed by atoms with van der Waals surface area (Å²) in [5.41, 5.74) is 2.09. The van der Waals surface area contributed by atoms with Gasteiger partial charge >= 0.3 is 0 Å². The Morgan fingerprint density at radius 2 is 1.28 bits per heavy atom. The maximum atomic E-state index is 6.14. The van der Waals surface area contributed by atoms with Crippen LogP contribution in [0.1, 0.15) is 5.56 Å². The van der Waals surface area contributed by atoms with E-state index in [0.29, 0.717) is 19.8 Å². The second-order valence-electron chi connectivity index (χ2n) is 5.49. The molecular weight excluding hydrogens is 334 g/mol. The summed E-state index contributed by atoms with van der Waals surface area (Å²) in [4.78, 5) is 0. The van der Waals surface area contributed by atoms with Gasteiger partial charge in [-0.3, -0.25) is 0 Å². The van der Waals surface area contributed by atoms with E-state index in [1.54, 1.807) is 0 Å². The molecule has 0 unspecified atom stereocenters. The maximum Gasteiger partial charge on any atom is 0.122 e. The Morgan fingerprint density at radius 3 is 1.96 bits per heavy atom. The average molecular weight is 354 g/mol. The Labute approximate surface area is 153 Å². The highest BCUT2D eigenvalue weighted by Gasteiger charge is 2.00. The van der Waals surface area contributed by atoms with Gasteiger partial charge in [0.25, 0.3) is 0 Å². The van der Waals surface area contributed by atoms with Gasteiger partial charge < -0.3 is 14.8 Å². The van der Waals surface area contributed by atoms with Gasteiger partial charge in [0.05, 0.1) is 10.7 Å². The van der Waals surface area contributed by atoms with Crippen LogP contribution < -0.4 is 14.8 Å². The fourth-order valence-corrected chi connectivity index (χ4v) is 2.54. The van der Waals surface area contributed by atoms with Gasteiger partial charge in [-0.05, 0) is 42.0 Å².